The summed E-state index contributed by atoms with van der Waals surface area (Å²) >= 11 is 1.47. The Labute approximate surface area is 230 Å². The summed E-state index contributed by atoms with van der Waals surface area (Å²) in [6.45, 7) is 3.92. The van der Waals surface area contributed by atoms with Crippen molar-refractivity contribution in [1.82, 2.24) is 14.0 Å². The van der Waals surface area contributed by atoms with E-state index in [1.807, 2.05) is 96.3 Å². The third kappa shape index (κ3) is 4.57. The first-order valence-electron chi connectivity index (χ1n) is 12.7. The lowest BCUT2D eigenvalue weighted by molar-refractivity contribution is 0.630. The maximum atomic E-state index is 13.6. The third-order valence-electron chi connectivity index (χ3n) is 6.90. The highest BCUT2D eigenvalue weighted by Gasteiger charge is 2.17. The largest absolute Gasteiger partial charge is 0.297 e. The zero-order valence-electron chi connectivity index (χ0n) is 21.9. The summed E-state index contributed by atoms with van der Waals surface area (Å²) in [5.41, 5.74) is 5.62. The lowest BCUT2D eigenvalue weighted by Crippen LogP contribution is -2.20. The van der Waals surface area contributed by atoms with E-state index < -0.39 is 0 Å². The van der Waals surface area contributed by atoms with Gasteiger partial charge in [-0.15, -0.1) is 11.3 Å². The van der Waals surface area contributed by atoms with Crippen LogP contribution in [0.5, 0.6) is 0 Å². The minimum atomic E-state index is -0.169. The molecule has 0 aliphatic rings. The molecule has 6 nitrogen and oxygen atoms in total. The van der Waals surface area contributed by atoms with Crippen LogP contribution < -0.4 is 10.4 Å². The average Bonchev–Trinajstić information content (AvgIpc) is 3.46. The Kier molecular flexibility index (Phi) is 6.42. The van der Waals surface area contributed by atoms with Gasteiger partial charge < -0.3 is 0 Å². The Morgan fingerprint density at radius 2 is 1.49 bits per heavy atom. The molecule has 0 radical (unpaired) electrons. The summed E-state index contributed by atoms with van der Waals surface area (Å²) in [4.78, 5) is 19.1. The SMILES string of the molecule is CC(=Nn1c(-c2ccccc2)csc1=Nc1c(C)n(C)n(-c2ccccc2)c1=O)c1ccc2ccccc2c1. The lowest BCUT2D eigenvalue weighted by Gasteiger charge is -2.07. The second-order valence-corrected chi connectivity index (χ2v) is 10.2. The minimum Gasteiger partial charge on any atom is -0.283 e. The smallest absolute Gasteiger partial charge is 0.283 e. The first-order chi connectivity index (χ1) is 19.0. The maximum absolute atomic E-state index is 13.6. The van der Waals surface area contributed by atoms with Gasteiger partial charge in [0.05, 0.1) is 22.8 Å². The molecule has 7 heteroatoms. The van der Waals surface area contributed by atoms with Gasteiger partial charge in [-0.1, -0.05) is 84.9 Å². The molecule has 0 atom stereocenters. The van der Waals surface area contributed by atoms with Crippen molar-refractivity contribution in [3.63, 3.8) is 0 Å². The van der Waals surface area contributed by atoms with Crippen molar-refractivity contribution < 1.29 is 0 Å². The number of hydrogen-bond donors (Lipinski definition) is 0. The highest BCUT2D eigenvalue weighted by Crippen LogP contribution is 2.23. The van der Waals surface area contributed by atoms with Gasteiger partial charge in [0.15, 0.2) is 5.69 Å². The summed E-state index contributed by atoms with van der Waals surface area (Å²) in [6.07, 6.45) is 0. The summed E-state index contributed by atoms with van der Waals surface area (Å²) in [7, 11) is 1.88. The Balaban J connectivity index is 1.54. The van der Waals surface area contributed by atoms with Crippen LogP contribution in [0.3, 0.4) is 0 Å². The molecule has 0 bridgehead atoms. The predicted octanol–water partition coefficient (Wildman–Crippen LogP) is 6.67. The van der Waals surface area contributed by atoms with Crippen molar-refractivity contribution in [1.29, 1.82) is 0 Å². The molecule has 0 aliphatic carbocycles. The fourth-order valence-corrected chi connectivity index (χ4v) is 5.52. The molecule has 2 heterocycles. The molecule has 0 aliphatic heterocycles. The number of thiazole rings is 1. The Morgan fingerprint density at radius 1 is 0.821 bits per heavy atom. The molecule has 6 rings (SSSR count). The number of aromatic nitrogens is 3. The van der Waals surface area contributed by atoms with E-state index in [2.05, 4.69) is 42.5 Å². The highest BCUT2D eigenvalue weighted by molar-refractivity contribution is 7.07. The number of fused-ring (bicyclic) bond motifs is 1. The van der Waals surface area contributed by atoms with E-state index in [1.165, 1.54) is 16.7 Å². The van der Waals surface area contributed by atoms with Crippen LogP contribution in [0.1, 0.15) is 18.2 Å². The van der Waals surface area contributed by atoms with Gasteiger partial charge in [0.1, 0.15) is 0 Å². The van der Waals surface area contributed by atoms with Gasteiger partial charge in [-0.25, -0.2) is 14.4 Å². The van der Waals surface area contributed by atoms with Crippen LogP contribution in [0.15, 0.2) is 123 Å². The van der Waals surface area contributed by atoms with Gasteiger partial charge in [0.2, 0.25) is 4.80 Å². The molecule has 6 aromatic rings. The van der Waals surface area contributed by atoms with Crippen LogP contribution in [-0.4, -0.2) is 19.8 Å². The van der Waals surface area contributed by atoms with E-state index in [9.17, 15) is 4.79 Å². The van der Waals surface area contributed by atoms with Crippen LogP contribution >= 0.6 is 11.3 Å². The number of hydrogen-bond acceptors (Lipinski definition) is 4. The fourth-order valence-electron chi connectivity index (χ4n) is 4.68. The van der Waals surface area contributed by atoms with E-state index in [4.69, 9.17) is 10.1 Å². The fraction of sp³-hybridized carbons (Fsp3) is 0.0938. The molecular formula is C32H27N5OS. The van der Waals surface area contributed by atoms with Crippen molar-refractivity contribution in [2.24, 2.45) is 17.1 Å². The highest BCUT2D eigenvalue weighted by atomic mass is 32.1. The molecule has 2 aromatic heterocycles. The van der Waals surface area contributed by atoms with E-state index in [0.717, 1.165) is 39.3 Å². The molecule has 0 N–H and O–H groups in total. The lowest BCUT2D eigenvalue weighted by atomic mass is 10.0. The molecule has 0 fully saturated rings. The van der Waals surface area contributed by atoms with Gasteiger partial charge in [-0.2, -0.15) is 5.10 Å². The number of para-hydroxylation sites is 1. The molecule has 39 heavy (non-hydrogen) atoms. The summed E-state index contributed by atoms with van der Waals surface area (Å²) < 4.78 is 5.34. The van der Waals surface area contributed by atoms with E-state index >= 15 is 0 Å². The van der Waals surface area contributed by atoms with Crippen LogP contribution in [0.2, 0.25) is 0 Å². The van der Waals surface area contributed by atoms with Gasteiger partial charge in [0.25, 0.3) is 5.56 Å². The quantitative estimate of drug-likeness (QED) is 0.230. The second-order valence-electron chi connectivity index (χ2n) is 9.35. The Hall–Kier alpha value is -4.75. The summed E-state index contributed by atoms with van der Waals surface area (Å²) in [6, 6.07) is 34.4. The van der Waals surface area contributed by atoms with Gasteiger partial charge in [-0.3, -0.25) is 9.48 Å². The van der Waals surface area contributed by atoms with E-state index in [0.29, 0.717) is 10.5 Å². The van der Waals surface area contributed by atoms with Gasteiger partial charge in [0, 0.05) is 18.0 Å². The maximum Gasteiger partial charge on any atom is 0.297 e. The van der Waals surface area contributed by atoms with Crippen LogP contribution in [0.4, 0.5) is 5.69 Å². The van der Waals surface area contributed by atoms with E-state index in [1.54, 1.807) is 4.68 Å². The van der Waals surface area contributed by atoms with Crippen LogP contribution in [0.25, 0.3) is 27.7 Å². The minimum absolute atomic E-state index is 0.169. The molecule has 192 valence electrons. The molecule has 0 spiro atoms. The normalized spacial score (nSPS) is 12.4. The molecule has 0 saturated heterocycles. The monoisotopic (exact) mass is 529 g/mol. The number of benzene rings is 4. The predicted molar refractivity (Wildman–Crippen MR) is 160 cm³/mol. The molecular weight excluding hydrogens is 502 g/mol. The Morgan fingerprint density at radius 3 is 2.23 bits per heavy atom. The standard InChI is InChI=1S/C32H27N5OS/c1-22(26-19-18-24-12-10-11-15-27(24)20-26)34-36-29(25-13-6-4-7-14-25)21-39-32(36)33-30-23(2)35(3)37(31(30)38)28-16-8-5-9-17-28/h4-21H,1-3H3. The molecule has 0 amide bonds. The third-order valence-corrected chi connectivity index (χ3v) is 7.72. The number of rotatable bonds is 5. The first kappa shape index (κ1) is 24.6. The van der Waals surface area contributed by atoms with Crippen molar-refractivity contribution in [3.05, 3.63) is 135 Å². The van der Waals surface area contributed by atoms with Crippen molar-refractivity contribution in [3.8, 4) is 16.9 Å². The summed E-state index contributed by atoms with van der Waals surface area (Å²) in [5.74, 6) is 0. The van der Waals surface area contributed by atoms with Gasteiger partial charge >= 0.3 is 0 Å². The second kappa shape index (κ2) is 10.2. The van der Waals surface area contributed by atoms with Crippen molar-refractivity contribution in [2.75, 3.05) is 0 Å². The zero-order valence-corrected chi connectivity index (χ0v) is 22.8. The molecule has 0 saturated carbocycles. The zero-order chi connectivity index (χ0) is 26.9. The molecule has 0 unspecified atom stereocenters. The van der Waals surface area contributed by atoms with Crippen molar-refractivity contribution in [2.45, 2.75) is 13.8 Å². The van der Waals surface area contributed by atoms with E-state index in [-0.39, 0.29) is 5.56 Å². The number of nitrogens with zero attached hydrogens (tertiary/aromatic N) is 5. The van der Waals surface area contributed by atoms with Gasteiger partial charge in [-0.05, 0) is 48.4 Å². The average molecular weight is 530 g/mol. The topological polar surface area (TPSA) is 56.6 Å². The van der Waals surface area contributed by atoms with Crippen LogP contribution in [0, 0.1) is 6.92 Å². The summed E-state index contributed by atoms with van der Waals surface area (Å²) in [5, 5.41) is 9.44. The van der Waals surface area contributed by atoms with Crippen LogP contribution in [-0.2, 0) is 7.05 Å². The van der Waals surface area contributed by atoms with Crippen molar-refractivity contribution >= 4 is 33.5 Å². The Bertz CT molecular complexity index is 1960. The molecule has 4 aromatic carbocycles. The first-order valence-corrected chi connectivity index (χ1v) is 13.6.